The number of benzene rings is 1. The summed E-state index contributed by atoms with van der Waals surface area (Å²) >= 11 is 7.67. The Morgan fingerprint density at radius 1 is 1.44 bits per heavy atom. The summed E-state index contributed by atoms with van der Waals surface area (Å²) in [6.07, 6.45) is 0. The highest BCUT2D eigenvalue weighted by molar-refractivity contribution is 7.91. The van der Waals surface area contributed by atoms with Crippen molar-refractivity contribution in [1.29, 1.82) is 0 Å². The monoisotopic (exact) mass is 402 g/mol. The molecule has 0 saturated carbocycles. The minimum Gasteiger partial charge on any atom is -0.346 e. The maximum Gasteiger partial charge on any atom is 0.275 e. The number of sulfone groups is 1. The van der Waals surface area contributed by atoms with Crippen LogP contribution in [0.25, 0.3) is 10.2 Å². The van der Waals surface area contributed by atoms with E-state index in [0.717, 1.165) is 20.1 Å². The topological polar surface area (TPSA) is 80.6 Å². The Bertz CT molecular complexity index is 851. The lowest BCUT2D eigenvalue weighted by Crippen LogP contribution is -3.10. The number of carbonyl (C=O) groups excluding carboxylic acids is 1. The van der Waals surface area contributed by atoms with Crippen molar-refractivity contribution in [2.24, 2.45) is 0 Å². The van der Waals surface area contributed by atoms with Gasteiger partial charge in [0, 0.05) is 0 Å². The molecule has 1 aliphatic rings. The molecule has 0 aliphatic carbocycles. The quantitative estimate of drug-likeness (QED) is 0.709. The standard InChI is InChI=1S/C16H20ClN3O3S2/c1-10(16-19-12-5-3-4-6-14(12)24-16)20(2)7-15(21)18-13-9-25(22,23)8-11(13)17/h3-6,10-11,13H,7-9H2,1-2H3,(H,18,21)/p+1/t10-,11+,13-/m1/s1. The third-order valence-electron chi connectivity index (χ3n) is 4.49. The number of amides is 1. The Morgan fingerprint density at radius 3 is 2.80 bits per heavy atom. The van der Waals surface area contributed by atoms with Crippen LogP contribution >= 0.6 is 22.9 Å². The number of hydrogen-bond acceptors (Lipinski definition) is 5. The number of halogens is 1. The summed E-state index contributed by atoms with van der Waals surface area (Å²) in [6.45, 7) is 2.27. The van der Waals surface area contributed by atoms with Gasteiger partial charge in [0.15, 0.2) is 21.4 Å². The summed E-state index contributed by atoms with van der Waals surface area (Å²) < 4.78 is 24.3. The first-order chi connectivity index (χ1) is 11.7. The molecule has 1 unspecified atom stereocenters. The molecule has 1 aromatic heterocycles. The SMILES string of the molecule is C[C@H](c1nc2ccccc2s1)[NH+](C)CC(=O)N[C@@H]1CS(=O)(=O)C[C@@H]1Cl. The number of quaternary nitrogens is 1. The van der Waals surface area contributed by atoms with Gasteiger partial charge in [-0.2, -0.15) is 0 Å². The Morgan fingerprint density at radius 2 is 2.16 bits per heavy atom. The highest BCUT2D eigenvalue weighted by Gasteiger charge is 2.37. The second-order valence-electron chi connectivity index (χ2n) is 6.53. The van der Waals surface area contributed by atoms with E-state index in [-0.39, 0.29) is 30.0 Å². The first-order valence-electron chi connectivity index (χ1n) is 8.07. The predicted octanol–water partition coefficient (Wildman–Crippen LogP) is 0.393. The number of aromatic nitrogens is 1. The maximum absolute atomic E-state index is 12.3. The van der Waals surface area contributed by atoms with E-state index in [1.807, 2.05) is 38.2 Å². The summed E-state index contributed by atoms with van der Waals surface area (Å²) in [7, 11) is -1.22. The van der Waals surface area contributed by atoms with Gasteiger partial charge in [-0.05, 0) is 19.1 Å². The molecular weight excluding hydrogens is 382 g/mol. The van der Waals surface area contributed by atoms with E-state index in [0.29, 0.717) is 0 Å². The molecule has 3 rings (SSSR count). The number of nitrogens with zero attached hydrogens (tertiary/aromatic N) is 1. The van der Waals surface area contributed by atoms with E-state index in [1.54, 1.807) is 11.3 Å². The van der Waals surface area contributed by atoms with Crippen molar-refractivity contribution in [1.82, 2.24) is 10.3 Å². The van der Waals surface area contributed by atoms with Crippen LogP contribution in [0.4, 0.5) is 0 Å². The van der Waals surface area contributed by atoms with Crippen LogP contribution in [0, 0.1) is 0 Å². The van der Waals surface area contributed by atoms with Crippen LogP contribution in [0.5, 0.6) is 0 Å². The fourth-order valence-electron chi connectivity index (χ4n) is 2.89. The lowest BCUT2D eigenvalue weighted by molar-refractivity contribution is -0.902. The van der Waals surface area contributed by atoms with Crippen LogP contribution in [-0.2, 0) is 14.6 Å². The first-order valence-corrected chi connectivity index (χ1v) is 11.1. The molecule has 1 amide bonds. The van der Waals surface area contributed by atoms with Crippen molar-refractivity contribution in [3.8, 4) is 0 Å². The van der Waals surface area contributed by atoms with E-state index >= 15 is 0 Å². The Kier molecular flexibility index (Phi) is 5.34. The summed E-state index contributed by atoms with van der Waals surface area (Å²) in [6, 6.07) is 7.50. The van der Waals surface area contributed by atoms with Crippen LogP contribution in [0.3, 0.4) is 0 Å². The Labute approximate surface area is 156 Å². The average molecular weight is 403 g/mol. The van der Waals surface area contributed by atoms with Gasteiger partial charge in [0.2, 0.25) is 0 Å². The smallest absolute Gasteiger partial charge is 0.275 e. The zero-order valence-corrected chi connectivity index (χ0v) is 16.4. The molecule has 1 aromatic carbocycles. The molecule has 6 nitrogen and oxygen atoms in total. The highest BCUT2D eigenvalue weighted by atomic mass is 35.5. The number of rotatable bonds is 5. The number of thiazole rings is 1. The van der Waals surface area contributed by atoms with Crippen LogP contribution in [0.1, 0.15) is 18.0 Å². The van der Waals surface area contributed by atoms with Crippen molar-refractivity contribution in [2.45, 2.75) is 24.4 Å². The van der Waals surface area contributed by atoms with Crippen molar-refractivity contribution in [2.75, 3.05) is 25.1 Å². The van der Waals surface area contributed by atoms with E-state index in [9.17, 15) is 13.2 Å². The molecule has 2 heterocycles. The van der Waals surface area contributed by atoms with Gasteiger partial charge < -0.3 is 10.2 Å². The zero-order valence-electron chi connectivity index (χ0n) is 14.0. The molecule has 136 valence electrons. The van der Waals surface area contributed by atoms with Crippen LogP contribution in [-0.4, -0.2) is 55.8 Å². The van der Waals surface area contributed by atoms with Gasteiger partial charge in [0.25, 0.3) is 5.91 Å². The summed E-state index contributed by atoms with van der Waals surface area (Å²) in [5, 5.41) is 3.18. The van der Waals surface area contributed by atoms with Crippen LogP contribution in [0.15, 0.2) is 24.3 Å². The Hall–Kier alpha value is -1.22. The molecule has 2 N–H and O–H groups in total. The number of para-hydroxylation sites is 1. The number of nitrogens with one attached hydrogen (secondary N) is 2. The van der Waals surface area contributed by atoms with Gasteiger partial charge in [-0.3, -0.25) is 4.79 Å². The second-order valence-corrected chi connectivity index (χ2v) is 10.3. The van der Waals surface area contributed by atoms with Crippen molar-refractivity contribution in [3.05, 3.63) is 29.3 Å². The molecular formula is C16H21ClN3O3S2+. The highest BCUT2D eigenvalue weighted by Crippen LogP contribution is 2.24. The maximum atomic E-state index is 12.3. The normalized spacial score (nSPS) is 24.9. The van der Waals surface area contributed by atoms with Gasteiger partial charge in [-0.25, -0.2) is 13.4 Å². The number of fused-ring (bicyclic) bond motifs is 1. The second kappa shape index (κ2) is 7.19. The summed E-state index contributed by atoms with van der Waals surface area (Å²) in [5.74, 6) is -0.359. The number of hydrogen-bond donors (Lipinski definition) is 2. The molecule has 0 radical (unpaired) electrons. The van der Waals surface area contributed by atoms with Gasteiger partial charge >= 0.3 is 0 Å². The minimum absolute atomic E-state index is 0.0576. The van der Waals surface area contributed by atoms with Crippen molar-refractivity contribution >= 4 is 48.9 Å². The third-order valence-corrected chi connectivity index (χ3v) is 8.08. The molecule has 1 saturated heterocycles. The minimum atomic E-state index is -3.15. The number of likely N-dealkylation sites (N-methyl/N-ethyl adjacent to an activating group) is 1. The fraction of sp³-hybridized carbons (Fsp3) is 0.500. The lowest BCUT2D eigenvalue weighted by atomic mass is 10.2. The number of alkyl halides is 1. The van der Waals surface area contributed by atoms with E-state index in [4.69, 9.17) is 11.6 Å². The summed E-state index contributed by atoms with van der Waals surface area (Å²) in [5.41, 5.74) is 0.966. The van der Waals surface area contributed by atoms with E-state index < -0.39 is 21.3 Å². The zero-order chi connectivity index (χ0) is 18.2. The average Bonchev–Trinajstić information content (AvgIpc) is 3.06. The molecule has 25 heavy (non-hydrogen) atoms. The van der Waals surface area contributed by atoms with Gasteiger partial charge in [0.05, 0.1) is 40.2 Å². The molecule has 9 heteroatoms. The fourth-order valence-corrected chi connectivity index (χ4v) is 6.55. The molecule has 1 fully saturated rings. The molecule has 0 spiro atoms. The Balaban J connectivity index is 1.61. The van der Waals surface area contributed by atoms with E-state index in [2.05, 4.69) is 10.3 Å². The van der Waals surface area contributed by atoms with Gasteiger partial charge in [0.1, 0.15) is 6.04 Å². The summed E-state index contributed by atoms with van der Waals surface area (Å²) in [4.78, 5) is 17.9. The predicted molar refractivity (Wildman–Crippen MR) is 100 cm³/mol. The van der Waals surface area contributed by atoms with Gasteiger partial charge in [-0.15, -0.1) is 22.9 Å². The van der Waals surface area contributed by atoms with Crippen LogP contribution in [0.2, 0.25) is 0 Å². The number of carbonyl (C=O) groups is 1. The molecule has 4 atom stereocenters. The first kappa shape index (κ1) is 18.6. The largest absolute Gasteiger partial charge is 0.346 e. The molecule has 1 aliphatic heterocycles. The molecule has 2 aromatic rings. The van der Waals surface area contributed by atoms with Crippen molar-refractivity contribution in [3.63, 3.8) is 0 Å². The van der Waals surface area contributed by atoms with Crippen molar-refractivity contribution < 1.29 is 18.1 Å². The van der Waals surface area contributed by atoms with E-state index in [1.165, 1.54) is 0 Å². The lowest BCUT2D eigenvalue weighted by Gasteiger charge is -2.21. The van der Waals surface area contributed by atoms with Gasteiger partial charge in [-0.1, -0.05) is 12.1 Å². The third kappa shape index (κ3) is 4.31. The van der Waals surface area contributed by atoms with Crippen LogP contribution < -0.4 is 10.2 Å². The molecule has 0 bridgehead atoms.